The first kappa shape index (κ1) is 22.8. The Balaban J connectivity index is 1.59. The maximum absolute atomic E-state index is 13.7. The molecule has 0 aliphatic carbocycles. The minimum absolute atomic E-state index is 0.0148. The summed E-state index contributed by atoms with van der Waals surface area (Å²) in [5, 5.41) is 4.41. The lowest BCUT2D eigenvalue weighted by Crippen LogP contribution is -2.44. The minimum Gasteiger partial charge on any atom is -0.341 e. The number of benzene rings is 1. The third kappa shape index (κ3) is 4.19. The van der Waals surface area contributed by atoms with Crippen molar-refractivity contribution in [3.63, 3.8) is 0 Å². The highest BCUT2D eigenvalue weighted by atomic mass is 16.2. The van der Waals surface area contributed by atoms with Gasteiger partial charge in [-0.3, -0.25) is 19.1 Å². The smallest absolute Gasteiger partial charge is 0.293 e. The van der Waals surface area contributed by atoms with Gasteiger partial charge < -0.3 is 15.5 Å². The first-order chi connectivity index (χ1) is 17.0. The Kier molecular flexibility index (Phi) is 6.09. The summed E-state index contributed by atoms with van der Waals surface area (Å²) in [6.07, 6.45) is 3.56. The third-order valence-corrected chi connectivity index (χ3v) is 6.54. The predicted molar refractivity (Wildman–Crippen MR) is 136 cm³/mol. The number of para-hydroxylation sites is 1. The molecule has 4 heterocycles. The second kappa shape index (κ2) is 9.35. The molecule has 0 spiro atoms. The number of nitrogens with zero attached hydrogens (tertiary/aromatic N) is 7. The van der Waals surface area contributed by atoms with Crippen molar-refractivity contribution < 1.29 is 4.79 Å². The van der Waals surface area contributed by atoms with E-state index >= 15 is 0 Å². The topological polar surface area (TPSA) is 115 Å². The highest BCUT2D eigenvalue weighted by Crippen LogP contribution is 2.25. The number of carbonyl (C=O) groups is 1. The van der Waals surface area contributed by atoms with Crippen molar-refractivity contribution >= 4 is 34.3 Å². The maximum atomic E-state index is 13.7. The molecular formula is C25H28N8O2. The van der Waals surface area contributed by atoms with Crippen LogP contribution in [0.1, 0.15) is 25.3 Å². The first-order valence-electron chi connectivity index (χ1n) is 11.7. The quantitative estimate of drug-likeness (QED) is 0.567. The number of hydrogen-bond acceptors (Lipinski definition) is 7. The number of benzodiazepines with no additional fused rings is 1. The summed E-state index contributed by atoms with van der Waals surface area (Å²) >= 11 is 0. The van der Waals surface area contributed by atoms with E-state index in [4.69, 9.17) is 10.7 Å². The molecule has 1 fully saturated rings. The van der Waals surface area contributed by atoms with Crippen LogP contribution in [-0.2, 0) is 17.9 Å². The highest BCUT2D eigenvalue weighted by Gasteiger charge is 2.26. The zero-order chi connectivity index (χ0) is 24.5. The third-order valence-electron chi connectivity index (χ3n) is 6.54. The number of carbonyl (C=O) groups excluding carboxylic acids is 1. The van der Waals surface area contributed by atoms with Crippen LogP contribution in [0.4, 0.5) is 11.6 Å². The summed E-state index contributed by atoms with van der Waals surface area (Å²) in [4.78, 5) is 39.1. The number of amides is 1. The number of anilines is 2. The van der Waals surface area contributed by atoms with Crippen molar-refractivity contribution in [2.24, 2.45) is 10.7 Å². The van der Waals surface area contributed by atoms with E-state index in [1.165, 1.54) is 4.68 Å². The average Bonchev–Trinajstić information content (AvgIpc) is 3.20. The number of likely N-dealkylation sites (N-methyl/N-ethyl adjacent to an activating group) is 1. The number of hydrogen-bond donors (Lipinski definition) is 1. The number of aliphatic imine (C=N–C) groups is 1. The summed E-state index contributed by atoms with van der Waals surface area (Å²) in [6.45, 7) is 3.78. The van der Waals surface area contributed by atoms with Gasteiger partial charge in [0.1, 0.15) is 17.6 Å². The molecule has 0 radical (unpaired) electrons. The largest absolute Gasteiger partial charge is 0.341 e. The van der Waals surface area contributed by atoms with Gasteiger partial charge in [0.25, 0.3) is 5.56 Å². The van der Waals surface area contributed by atoms with Crippen LogP contribution in [0.5, 0.6) is 0 Å². The van der Waals surface area contributed by atoms with Gasteiger partial charge in [0, 0.05) is 31.7 Å². The number of aromatic nitrogens is 4. The molecule has 2 aliphatic heterocycles. The van der Waals surface area contributed by atoms with Crippen molar-refractivity contribution in [2.45, 2.75) is 38.9 Å². The van der Waals surface area contributed by atoms with Crippen LogP contribution in [0.15, 0.2) is 40.2 Å². The fraction of sp³-hybridized carbons (Fsp3) is 0.400. The van der Waals surface area contributed by atoms with Gasteiger partial charge in [-0.1, -0.05) is 24.1 Å². The van der Waals surface area contributed by atoms with Gasteiger partial charge in [-0.25, -0.2) is 9.67 Å². The van der Waals surface area contributed by atoms with Gasteiger partial charge in [-0.15, -0.1) is 5.92 Å². The second-order valence-electron chi connectivity index (χ2n) is 8.85. The molecule has 2 aromatic heterocycles. The van der Waals surface area contributed by atoms with Crippen LogP contribution >= 0.6 is 0 Å². The molecule has 0 saturated carbocycles. The summed E-state index contributed by atoms with van der Waals surface area (Å²) in [7, 11) is 1.73. The molecular weight excluding hydrogens is 444 g/mol. The normalized spacial score (nSPS) is 18.1. The van der Waals surface area contributed by atoms with E-state index < -0.39 is 0 Å². The molecule has 35 heavy (non-hydrogen) atoms. The summed E-state index contributed by atoms with van der Waals surface area (Å²) in [5.41, 5.74) is 9.11. The lowest BCUT2D eigenvalue weighted by Gasteiger charge is -2.31. The van der Waals surface area contributed by atoms with Crippen LogP contribution in [-0.4, -0.2) is 63.7 Å². The van der Waals surface area contributed by atoms with Crippen LogP contribution in [0.2, 0.25) is 0 Å². The summed E-state index contributed by atoms with van der Waals surface area (Å²) in [5.74, 6) is 6.57. The molecule has 5 rings (SSSR count). The predicted octanol–water partition coefficient (Wildman–Crippen LogP) is 1.01. The molecule has 2 N–H and O–H groups in total. The molecule has 0 bridgehead atoms. The lowest BCUT2D eigenvalue weighted by molar-refractivity contribution is -0.116. The Morgan fingerprint density at radius 1 is 1.23 bits per heavy atom. The molecule has 1 atom stereocenters. The fourth-order valence-corrected chi connectivity index (χ4v) is 4.70. The molecule has 10 heteroatoms. The molecule has 1 unspecified atom stereocenters. The molecule has 1 amide bonds. The van der Waals surface area contributed by atoms with Gasteiger partial charge in [0.15, 0.2) is 0 Å². The van der Waals surface area contributed by atoms with Crippen LogP contribution < -0.4 is 21.1 Å². The van der Waals surface area contributed by atoms with Gasteiger partial charge >= 0.3 is 0 Å². The van der Waals surface area contributed by atoms with Gasteiger partial charge in [-0.05, 0) is 25.8 Å². The monoisotopic (exact) mass is 472 g/mol. The number of piperidine rings is 1. The lowest BCUT2D eigenvalue weighted by atomic mass is 10.1. The van der Waals surface area contributed by atoms with E-state index in [2.05, 4.69) is 26.8 Å². The van der Waals surface area contributed by atoms with Gasteiger partial charge in [0.2, 0.25) is 11.9 Å². The number of rotatable bonds is 4. The van der Waals surface area contributed by atoms with Gasteiger partial charge in [-0.2, -0.15) is 5.10 Å². The Bertz CT molecular complexity index is 1440. The van der Waals surface area contributed by atoms with Crippen molar-refractivity contribution in [1.29, 1.82) is 0 Å². The highest BCUT2D eigenvalue weighted by molar-refractivity contribution is 6.11. The zero-order valence-corrected chi connectivity index (χ0v) is 19.9. The Labute approximate surface area is 203 Å². The average molecular weight is 473 g/mol. The number of imidazole rings is 1. The van der Waals surface area contributed by atoms with Crippen LogP contribution in [0.25, 0.3) is 11.0 Å². The Morgan fingerprint density at radius 3 is 2.86 bits per heavy atom. The van der Waals surface area contributed by atoms with E-state index in [-0.39, 0.29) is 30.6 Å². The van der Waals surface area contributed by atoms with E-state index in [1.54, 1.807) is 25.1 Å². The second-order valence-corrected chi connectivity index (χ2v) is 8.85. The maximum Gasteiger partial charge on any atom is 0.293 e. The van der Waals surface area contributed by atoms with E-state index in [0.717, 1.165) is 30.6 Å². The van der Waals surface area contributed by atoms with Crippen molar-refractivity contribution in [2.75, 3.05) is 36.5 Å². The van der Waals surface area contributed by atoms with E-state index in [1.807, 2.05) is 28.8 Å². The minimum atomic E-state index is -0.274. The molecule has 180 valence electrons. The molecule has 3 aromatic rings. The number of fused-ring (bicyclic) bond motifs is 2. The van der Waals surface area contributed by atoms with Crippen molar-refractivity contribution in [3.8, 4) is 11.8 Å². The SMILES string of the molecule is CC#CCn1c(N2CCCC(N)C2)nc2cnn(CC3=NCC(=O)N(C)c4ccccc43)c(=O)c21. The Hall–Kier alpha value is -3.97. The van der Waals surface area contributed by atoms with E-state index in [9.17, 15) is 9.59 Å². The zero-order valence-electron chi connectivity index (χ0n) is 19.9. The van der Waals surface area contributed by atoms with Gasteiger partial charge in [0.05, 0.1) is 30.7 Å². The first-order valence-corrected chi connectivity index (χ1v) is 11.7. The van der Waals surface area contributed by atoms with Crippen LogP contribution in [0, 0.1) is 11.8 Å². The summed E-state index contributed by atoms with van der Waals surface area (Å²) < 4.78 is 3.25. The molecule has 2 aliphatic rings. The van der Waals surface area contributed by atoms with Crippen LogP contribution in [0.3, 0.4) is 0 Å². The fourth-order valence-electron chi connectivity index (χ4n) is 4.70. The summed E-state index contributed by atoms with van der Waals surface area (Å²) in [6, 6.07) is 7.63. The number of nitrogens with two attached hydrogens (primary N) is 1. The van der Waals surface area contributed by atoms with E-state index in [0.29, 0.717) is 35.8 Å². The molecule has 10 nitrogen and oxygen atoms in total. The van der Waals surface area contributed by atoms with Crippen molar-refractivity contribution in [3.05, 3.63) is 46.4 Å². The molecule has 1 aromatic carbocycles. The Morgan fingerprint density at radius 2 is 2.06 bits per heavy atom. The molecule has 1 saturated heterocycles. The van der Waals surface area contributed by atoms with Crippen molar-refractivity contribution in [1.82, 2.24) is 19.3 Å². The standard InChI is InChI=1S/C25H28N8O2/c1-3-4-12-32-23-19(29-25(32)31-11-7-8-17(26)15-31)13-28-33(24(23)35)16-20-18-9-5-6-10-21(18)30(2)22(34)14-27-20/h5-6,9-10,13,17H,7-8,11-12,14-16,26H2,1-2H3.